The lowest BCUT2D eigenvalue weighted by atomic mass is 10.0. The highest BCUT2D eigenvalue weighted by Crippen LogP contribution is 2.31. The molecular weight excluding hydrogens is 544 g/mol. The van der Waals surface area contributed by atoms with Crippen molar-refractivity contribution in [2.24, 2.45) is 0 Å². The molecule has 0 spiro atoms. The molecule has 1 aliphatic rings. The Morgan fingerprint density at radius 2 is 1.68 bits per heavy atom. The zero-order valence-corrected chi connectivity index (χ0v) is 23.2. The number of aromatic nitrogens is 2. The fraction of sp³-hybridized carbons (Fsp3) is 0.161. The molecule has 1 atom stereocenters. The molecule has 206 valence electrons. The van der Waals surface area contributed by atoms with Crippen molar-refractivity contribution in [1.29, 1.82) is 0 Å². The van der Waals surface area contributed by atoms with Gasteiger partial charge in [-0.15, -0.1) is 6.42 Å². The summed E-state index contributed by atoms with van der Waals surface area (Å²) < 4.78 is 12.0. The molecule has 0 fully saturated rings. The number of carbonyl (C=O) groups excluding carboxylic acids is 3. The van der Waals surface area contributed by atoms with Gasteiger partial charge in [0.1, 0.15) is 17.2 Å². The van der Waals surface area contributed by atoms with E-state index >= 15 is 0 Å². The van der Waals surface area contributed by atoms with Crippen LogP contribution in [0.5, 0.6) is 11.5 Å². The van der Waals surface area contributed by atoms with E-state index in [4.69, 9.17) is 27.5 Å². The quantitative estimate of drug-likeness (QED) is 0.247. The number of fused-ring (bicyclic) bond motifs is 1. The Hall–Kier alpha value is -5.07. The maximum Gasteiger partial charge on any atom is 0.279 e. The number of hydrogen-bond acceptors (Lipinski definition) is 6. The van der Waals surface area contributed by atoms with Gasteiger partial charge in [-0.2, -0.15) is 5.10 Å². The number of hydrogen-bond donors (Lipinski definition) is 1. The van der Waals surface area contributed by atoms with E-state index in [2.05, 4.69) is 16.3 Å². The van der Waals surface area contributed by atoms with E-state index in [9.17, 15) is 14.4 Å². The highest BCUT2D eigenvalue weighted by molar-refractivity contribution is 6.32. The monoisotopic (exact) mass is 568 g/mol. The Balaban J connectivity index is 1.38. The molecule has 0 radical (unpaired) electrons. The van der Waals surface area contributed by atoms with E-state index in [1.165, 1.54) is 20.4 Å². The highest BCUT2D eigenvalue weighted by atomic mass is 35.5. The molecule has 9 nitrogen and oxygen atoms in total. The summed E-state index contributed by atoms with van der Waals surface area (Å²) in [6.45, 7) is 2.31. The summed E-state index contributed by atoms with van der Waals surface area (Å²) in [5.74, 6) is 2.40. The van der Waals surface area contributed by atoms with Crippen molar-refractivity contribution in [2.75, 3.05) is 24.4 Å². The van der Waals surface area contributed by atoms with Gasteiger partial charge >= 0.3 is 0 Å². The van der Waals surface area contributed by atoms with Crippen LogP contribution in [0.15, 0.2) is 66.9 Å². The number of benzene rings is 3. The van der Waals surface area contributed by atoms with Crippen LogP contribution in [0.3, 0.4) is 0 Å². The second-order valence-corrected chi connectivity index (χ2v) is 9.76. The van der Waals surface area contributed by atoms with Crippen LogP contribution < -0.4 is 19.7 Å². The highest BCUT2D eigenvalue weighted by Gasteiger charge is 2.35. The molecule has 2 heterocycles. The molecule has 1 aromatic heterocycles. The molecule has 0 saturated carbocycles. The molecule has 3 aromatic carbocycles. The average Bonchev–Trinajstić information content (AvgIpc) is 3.39. The maximum absolute atomic E-state index is 13.7. The van der Waals surface area contributed by atoms with Crippen LogP contribution >= 0.6 is 11.6 Å². The molecule has 5 rings (SSSR count). The molecule has 4 aromatic rings. The number of terminal acetylenes is 1. The number of methoxy groups -OCH3 is 2. The van der Waals surface area contributed by atoms with E-state index in [-0.39, 0.29) is 29.1 Å². The Kier molecular flexibility index (Phi) is 7.51. The summed E-state index contributed by atoms with van der Waals surface area (Å²) >= 11 is 6.09. The van der Waals surface area contributed by atoms with Crippen LogP contribution in [0.25, 0.3) is 0 Å². The zero-order chi connectivity index (χ0) is 29.3. The van der Waals surface area contributed by atoms with Gasteiger partial charge in [0, 0.05) is 22.4 Å². The van der Waals surface area contributed by atoms with Crippen LogP contribution in [0.4, 0.5) is 11.4 Å². The zero-order valence-electron chi connectivity index (χ0n) is 22.5. The lowest BCUT2D eigenvalue weighted by Crippen LogP contribution is -2.47. The molecule has 2 amide bonds. The second kappa shape index (κ2) is 11.2. The minimum Gasteiger partial charge on any atom is -0.495 e. The Morgan fingerprint density at radius 1 is 1.00 bits per heavy atom. The summed E-state index contributed by atoms with van der Waals surface area (Å²) in [6, 6.07) is 16.1. The van der Waals surface area contributed by atoms with Crippen molar-refractivity contribution < 1.29 is 23.9 Å². The van der Waals surface area contributed by atoms with E-state index in [1.807, 2.05) is 6.92 Å². The third-order valence-electron chi connectivity index (χ3n) is 6.83. The maximum atomic E-state index is 13.7. The van der Waals surface area contributed by atoms with Crippen molar-refractivity contribution >= 4 is 40.6 Å². The van der Waals surface area contributed by atoms with E-state index in [0.29, 0.717) is 51.0 Å². The largest absolute Gasteiger partial charge is 0.495 e. The fourth-order valence-corrected chi connectivity index (χ4v) is 4.95. The van der Waals surface area contributed by atoms with Gasteiger partial charge in [0.05, 0.1) is 49.3 Å². The number of nitrogens with zero attached hydrogens (tertiary/aromatic N) is 3. The predicted molar refractivity (Wildman–Crippen MR) is 155 cm³/mol. The van der Waals surface area contributed by atoms with Crippen molar-refractivity contribution in [3.8, 4) is 23.8 Å². The topological polar surface area (TPSA) is 103 Å². The van der Waals surface area contributed by atoms with Gasteiger partial charge < -0.3 is 19.7 Å². The molecule has 0 saturated heterocycles. The average molecular weight is 569 g/mol. The second-order valence-electron chi connectivity index (χ2n) is 9.35. The molecule has 0 bridgehead atoms. The number of ketones is 1. The van der Waals surface area contributed by atoms with Crippen molar-refractivity contribution in [3.05, 3.63) is 99.8 Å². The lowest BCUT2D eigenvalue weighted by molar-refractivity contribution is 0.0947. The first-order chi connectivity index (χ1) is 19.7. The summed E-state index contributed by atoms with van der Waals surface area (Å²) in [7, 11) is 2.98. The summed E-state index contributed by atoms with van der Waals surface area (Å²) in [4.78, 5) is 41.5. The molecule has 41 heavy (non-hydrogen) atoms. The van der Waals surface area contributed by atoms with Crippen molar-refractivity contribution in [2.45, 2.75) is 19.5 Å². The molecular formula is C31H25ClN4O5. The van der Waals surface area contributed by atoms with Gasteiger partial charge in [-0.05, 0) is 67.6 Å². The summed E-state index contributed by atoms with van der Waals surface area (Å²) in [5.41, 5.74) is 2.74. The molecule has 0 unspecified atom stereocenters. The summed E-state index contributed by atoms with van der Waals surface area (Å²) in [6.07, 6.45) is 7.00. The van der Waals surface area contributed by atoms with E-state index < -0.39 is 5.91 Å². The number of anilines is 2. The lowest BCUT2D eigenvalue weighted by Gasteiger charge is -2.34. The first-order valence-corrected chi connectivity index (χ1v) is 13.0. The summed E-state index contributed by atoms with van der Waals surface area (Å²) in [5, 5.41) is 7.52. The Labute approximate surface area is 241 Å². The van der Waals surface area contributed by atoms with Crippen LogP contribution in [0.2, 0.25) is 5.02 Å². The van der Waals surface area contributed by atoms with Crippen LogP contribution in [0, 0.1) is 12.3 Å². The molecule has 1 aliphatic heterocycles. The number of amides is 2. The number of nitrogens with one attached hydrogen (secondary N) is 1. The van der Waals surface area contributed by atoms with Crippen LogP contribution in [-0.4, -0.2) is 47.6 Å². The van der Waals surface area contributed by atoms with Gasteiger partial charge in [-0.1, -0.05) is 17.5 Å². The number of ether oxygens (including phenoxy) is 2. The smallest absolute Gasteiger partial charge is 0.279 e. The SMILES string of the molecule is C#Cc1cc(C(=O)Nc2cnn3c2C(=O)N(c2ccc(C(=O)c4ccc(Cl)c(OC)c4)cc2)[C@@H](C)C3)ccc1OC. The Morgan fingerprint density at radius 3 is 2.37 bits per heavy atom. The van der Waals surface area contributed by atoms with Crippen molar-refractivity contribution in [1.82, 2.24) is 9.78 Å². The van der Waals surface area contributed by atoms with Gasteiger partial charge in [-0.25, -0.2) is 0 Å². The first-order valence-electron chi connectivity index (χ1n) is 12.6. The van der Waals surface area contributed by atoms with Gasteiger partial charge in [0.2, 0.25) is 0 Å². The first kappa shape index (κ1) is 27.5. The van der Waals surface area contributed by atoms with Gasteiger partial charge in [0.25, 0.3) is 11.8 Å². The van der Waals surface area contributed by atoms with Crippen molar-refractivity contribution in [3.63, 3.8) is 0 Å². The molecule has 1 N–H and O–H groups in total. The minimum atomic E-state index is -0.445. The van der Waals surface area contributed by atoms with E-state index in [0.717, 1.165) is 0 Å². The van der Waals surface area contributed by atoms with Crippen LogP contribution in [-0.2, 0) is 6.54 Å². The normalized spacial score (nSPS) is 14.2. The number of halogens is 1. The third-order valence-corrected chi connectivity index (χ3v) is 7.14. The predicted octanol–water partition coefficient (Wildman–Crippen LogP) is 5.07. The standard InChI is InChI=1S/C31H25ClN4O5/c1-5-19-14-22(9-13-26(19)40-3)30(38)34-25-16-33-35-17-18(2)36(31(39)28(25)35)23-10-6-20(7-11-23)29(37)21-8-12-24(32)27(15-21)41-4/h1,6-16,18H,17H2,2-4H3,(H,34,38)/t18-/m0/s1. The van der Waals surface area contributed by atoms with Crippen LogP contribution in [0.1, 0.15) is 49.3 Å². The third kappa shape index (κ3) is 5.13. The number of rotatable bonds is 7. The van der Waals surface area contributed by atoms with Gasteiger partial charge in [0.15, 0.2) is 5.78 Å². The van der Waals surface area contributed by atoms with E-state index in [1.54, 1.807) is 70.2 Å². The minimum absolute atomic E-state index is 0.209. The number of carbonyl (C=O) groups is 3. The molecule has 0 aliphatic carbocycles. The Bertz CT molecular complexity index is 1720. The van der Waals surface area contributed by atoms with Gasteiger partial charge in [-0.3, -0.25) is 19.1 Å². The fourth-order valence-electron chi connectivity index (χ4n) is 4.76. The molecule has 10 heteroatoms.